The largest absolute Gasteiger partial charge is 0.449 e. The molecule has 0 atom stereocenters. The van der Waals surface area contributed by atoms with Gasteiger partial charge in [-0.2, -0.15) is 8.42 Å². The Bertz CT molecular complexity index is 554. The fourth-order valence-corrected chi connectivity index (χ4v) is 3.15. The SMILES string of the molecule is O=C(NS(=O)(=O)Nc1ccccc1)OCC1CCCCC1. The number of anilines is 1. The molecule has 2 N–H and O–H groups in total. The highest BCUT2D eigenvalue weighted by Gasteiger charge is 2.18. The van der Waals surface area contributed by atoms with Crippen LogP contribution < -0.4 is 9.44 Å². The molecule has 0 bridgehead atoms. The van der Waals surface area contributed by atoms with Crippen molar-refractivity contribution in [3.63, 3.8) is 0 Å². The average Bonchev–Trinajstić information content (AvgIpc) is 2.46. The minimum atomic E-state index is -3.96. The zero-order valence-electron chi connectivity index (χ0n) is 11.7. The highest BCUT2D eigenvalue weighted by atomic mass is 32.2. The first-order valence-electron chi connectivity index (χ1n) is 7.07. The van der Waals surface area contributed by atoms with Crippen LogP contribution in [0.1, 0.15) is 32.1 Å². The smallest absolute Gasteiger partial charge is 0.422 e. The van der Waals surface area contributed by atoms with Crippen molar-refractivity contribution in [2.45, 2.75) is 32.1 Å². The molecule has 1 amide bonds. The number of para-hydroxylation sites is 1. The maximum atomic E-state index is 11.7. The summed E-state index contributed by atoms with van der Waals surface area (Å²) < 4.78 is 32.6. The molecule has 0 aliphatic heterocycles. The summed E-state index contributed by atoms with van der Waals surface area (Å²) in [4.78, 5) is 11.5. The van der Waals surface area contributed by atoms with Gasteiger partial charge in [-0.25, -0.2) is 9.52 Å². The highest BCUT2D eigenvalue weighted by Crippen LogP contribution is 2.23. The van der Waals surface area contributed by atoms with Crippen LogP contribution in [0.5, 0.6) is 0 Å². The van der Waals surface area contributed by atoms with E-state index in [1.165, 1.54) is 6.42 Å². The van der Waals surface area contributed by atoms with Crippen LogP contribution in [0.3, 0.4) is 0 Å². The number of carbonyl (C=O) groups is 1. The van der Waals surface area contributed by atoms with Gasteiger partial charge < -0.3 is 4.74 Å². The summed E-state index contributed by atoms with van der Waals surface area (Å²) in [5.74, 6) is 0.342. The van der Waals surface area contributed by atoms with Gasteiger partial charge in [-0.1, -0.05) is 37.5 Å². The normalized spacial score (nSPS) is 16.2. The van der Waals surface area contributed by atoms with Crippen molar-refractivity contribution in [2.75, 3.05) is 11.3 Å². The van der Waals surface area contributed by atoms with E-state index in [2.05, 4.69) is 4.72 Å². The second-order valence-corrected chi connectivity index (χ2v) is 6.59. The van der Waals surface area contributed by atoms with Crippen LogP contribution >= 0.6 is 0 Å². The van der Waals surface area contributed by atoms with Gasteiger partial charge in [-0.05, 0) is 30.9 Å². The van der Waals surface area contributed by atoms with Crippen LogP contribution in [0.2, 0.25) is 0 Å². The summed E-state index contributed by atoms with van der Waals surface area (Å²) in [6, 6.07) is 8.33. The van der Waals surface area contributed by atoms with Gasteiger partial charge in [-0.15, -0.1) is 0 Å². The lowest BCUT2D eigenvalue weighted by molar-refractivity contribution is 0.121. The summed E-state index contributed by atoms with van der Waals surface area (Å²) in [6.07, 6.45) is 4.62. The summed E-state index contributed by atoms with van der Waals surface area (Å²) >= 11 is 0. The lowest BCUT2D eigenvalue weighted by atomic mass is 9.90. The molecule has 0 radical (unpaired) electrons. The molecule has 0 heterocycles. The maximum Gasteiger partial charge on any atom is 0.422 e. The standard InChI is InChI=1S/C14H20N2O4S/c17-14(20-11-12-7-3-1-4-8-12)16-21(18,19)15-13-9-5-2-6-10-13/h2,5-6,9-10,12,15H,1,3-4,7-8,11H2,(H,16,17). The molecule has 6 nitrogen and oxygen atoms in total. The van der Waals surface area contributed by atoms with E-state index in [0.29, 0.717) is 11.6 Å². The summed E-state index contributed by atoms with van der Waals surface area (Å²) in [7, 11) is -3.96. The third-order valence-corrected chi connectivity index (χ3v) is 4.36. The number of ether oxygens (including phenoxy) is 1. The Morgan fingerprint density at radius 1 is 1.14 bits per heavy atom. The molecular weight excluding hydrogens is 292 g/mol. The molecule has 0 unspecified atom stereocenters. The molecule has 1 aromatic rings. The van der Waals surface area contributed by atoms with Gasteiger partial charge in [0.1, 0.15) is 0 Å². The zero-order valence-corrected chi connectivity index (χ0v) is 12.6. The molecule has 2 rings (SSSR count). The number of benzene rings is 1. The molecule has 1 aliphatic carbocycles. The van der Waals surface area contributed by atoms with E-state index in [4.69, 9.17) is 4.74 Å². The van der Waals surface area contributed by atoms with Crippen LogP contribution in [-0.2, 0) is 14.9 Å². The van der Waals surface area contributed by atoms with E-state index in [1.807, 2.05) is 4.72 Å². The first kappa shape index (κ1) is 15.6. The monoisotopic (exact) mass is 312 g/mol. The number of rotatable bonds is 5. The van der Waals surface area contributed by atoms with Crippen LogP contribution in [0.15, 0.2) is 30.3 Å². The molecule has 1 aromatic carbocycles. The van der Waals surface area contributed by atoms with Gasteiger partial charge in [0.15, 0.2) is 0 Å². The maximum absolute atomic E-state index is 11.7. The lowest BCUT2D eigenvalue weighted by Gasteiger charge is -2.21. The first-order valence-corrected chi connectivity index (χ1v) is 8.56. The van der Waals surface area contributed by atoms with Gasteiger partial charge in [-0.3, -0.25) is 4.72 Å². The van der Waals surface area contributed by atoms with Crippen molar-refractivity contribution in [3.8, 4) is 0 Å². The van der Waals surface area contributed by atoms with E-state index in [1.54, 1.807) is 30.3 Å². The summed E-state index contributed by atoms with van der Waals surface area (Å²) in [6.45, 7) is 0.271. The fourth-order valence-electron chi connectivity index (χ4n) is 2.37. The Morgan fingerprint density at radius 3 is 2.48 bits per heavy atom. The van der Waals surface area contributed by atoms with Gasteiger partial charge in [0.25, 0.3) is 0 Å². The van der Waals surface area contributed by atoms with Crippen LogP contribution in [0, 0.1) is 5.92 Å². The Balaban J connectivity index is 1.78. The Kier molecular flexibility index (Phi) is 5.44. The van der Waals surface area contributed by atoms with Crippen molar-refractivity contribution in [2.24, 2.45) is 5.92 Å². The predicted molar refractivity (Wildman–Crippen MR) is 80.0 cm³/mol. The molecule has 21 heavy (non-hydrogen) atoms. The van der Waals surface area contributed by atoms with Crippen molar-refractivity contribution in [1.82, 2.24) is 4.72 Å². The first-order chi connectivity index (χ1) is 10.1. The molecule has 7 heteroatoms. The van der Waals surface area contributed by atoms with Crippen LogP contribution in [-0.4, -0.2) is 21.1 Å². The minimum Gasteiger partial charge on any atom is -0.449 e. The summed E-state index contributed by atoms with van der Waals surface area (Å²) in [5.41, 5.74) is 0.380. The van der Waals surface area contributed by atoms with Gasteiger partial charge >= 0.3 is 16.3 Å². The molecular formula is C14H20N2O4S. The molecule has 1 saturated carbocycles. The highest BCUT2D eigenvalue weighted by molar-refractivity contribution is 7.91. The summed E-state index contributed by atoms with van der Waals surface area (Å²) in [5, 5.41) is 0. The van der Waals surface area contributed by atoms with E-state index in [0.717, 1.165) is 25.7 Å². The third kappa shape index (κ3) is 5.63. The quantitative estimate of drug-likeness (QED) is 0.875. The van der Waals surface area contributed by atoms with E-state index < -0.39 is 16.3 Å². The van der Waals surface area contributed by atoms with Gasteiger partial charge in [0.2, 0.25) is 0 Å². The minimum absolute atomic E-state index is 0.271. The average molecular weight is 312 g/mol. The number of carbonyl (C=O) groups excluding carboxylic acids is 1. The van der Waals surface area contributed by atoms with Crippen LogP contribution in [0.25, 0.3) is 0 Å². The number of amides is 1. The number of nitrogens with one attached hydrogen (secondary N) is 2. The van der Waals surface area contributed by atoms with Crippen LogP contribution in [0.4, 0.5) is 10.5 Å². The predicted octanol–water partition coefficient (Wildman–Crippen LogP) is 2.65. The molecule has 0 aromatic heterocycles. The molecule has 0 spiro atoms. The fraction of sp³-hybridized carbons (Fsp3) is 0.500. The van der Waals surface area contributed by atoms with E-state index in [9.17, 15) is 13.2 Å². The number of hydrogen-bond acceptors (Lipinski definition) is 4. The molecule has 1 aliphatic rings. The number of hydrogen-bond donors (Lipinski definition) is 2. The van der Waals surface area contributed by atoms with Gasteiger partial charge in [0.05, 0.1) is 12.3 Å². The molecule has 116 valence electrons. The Labute approximate surface area is 125 Å². The third-order valence-electron chi connectivity index (χ3n) is 3.42. The van der Waals surface area contributed by atoms with E-state index in [-0.39, 0.29) is 6.61 Å². The second-order valence-electron chi connectivity index (χ2n) is 5.18. The van der Waals surface area contributed by atoms with E-state index >= 15 is 0 Å². The molecule has 1 fully saturated rings. The van der Waals surface area contributed by atoms with Gasteiger partial charge in [0, 0.05) is 0 Å². The molecule has 0 saturated heterocycles. The Hall–Kier alpha value is -1.76. The second kappa shape index (κ2) is 7.31. The topological polar surface area (TPSA) is 84.5 Å². The Morgan fingerprint density at radius 2 is 1.81 bits per heavy atom. The van der Waals surface area contributed by atoms with Crippen molar-refractivity contribution < 1.29 is 17.9 Å². The van der Waals surface area contributed by atoms with Crippen molar-refractivity contribution in [1.29, 1.82) is 0 Å². The van der Waals surface area contributed by atoms with Crippen molar-refractivity contribution in [3.05, 3.63) is 30.3 Å². The lowest BCUT2D eigenvalue weighted by Crippen LogP contribution is -2.36. The zero-order chi connectivity index (χ0) is 15.1. The van der Waals surface area contributed by atoms with Crippen molar-refractivity contribution >= 4 is 22.0 Å².